The van der Waals surface area contributed by atoms with Crippen molar-refractivity contribution in [1.29, 1.82) is 0 Å². The molecule has 1 aromatic rings. The Kier molecular flexibility index (Phi) is 5.41. The summed E-state index contributed by atoms with van der Waals surface area (Å²) in [5.41, 5.74) is -0.961. The van der Waals surface area contributed by atoms with E-state index < -0.39 is 11.7 Å². The molecule has 0 bridgehead atoms. The van der Waals surface area contributed by atoms with Crippen LogP contribution in [-0.4, -0.2) is 43.2 Å². The number of methoxy groups -OCH3 is 1. The van der Waals surface area contributed by atoms with Crippen LogP contribution in [0.25, 0.3) is 0 Å². The van der Waals surface area contributed by atoms with Gasteiger partial charge in [-0.3, -0.25) is 4.79 Å². The van der Waals surface area contributed by atoms with E-state index in [2.05, 4.69) is 10.3 Å². The number of halogens is 3. The Bertz CT molecular complexity index is 622. The summed E-state index contributed by atoms with van der Waals surface area (Å²) in [5.74, 6) is 0.503. The van der Waals surface area contributed by atoms with Crippen molar-refractivity contribution in [2.24, 2.45) is 5.92 Å². The molecule has 1 N–H and O–H groups in total. The molecule has 5 nitrogen and oxygen atoms in total. The number of rotatable bonds is 5. The highest BCUT2D eigenvalue weighted by Crippen LogP contribution is 2.33. The number of hydrogen-bond donors (Lipinski definition) is 1. The lowest BCUT2D eigenvalue weighted by atomic mass is 9.76. The predicted octanol–water partition coefficient (Wildman–Crippen LogP) is 3.00. The van der Waals surface area contributed by atoms with Gasteiger partial charge in [0, 0.05) is 32.3 Å². The van der Waals surface area contributed by atoms with Crippen LogP contribution in [0.3, 0.4) is 0 Å². The first-order valence-corrected chi connectivity index (χ1v) is 8.92. The van der Waals surface area contributed by atoms with Crippen molar-refractivity contribution in [3.8, 4) is 0 Å². The summed E-state index contributed by atoms with van der Waals surface area (Å²) in [5, 5.41) is 3.16. The third-order valence-corrected chi connectivity index (χ3v) is 5.38. The van der Waals surface area contributed by atoms with Crippen LogP contribution in [-0.2, 0) is 15.7 Å². The molecule has 2 heterocycles. The molecular formula is C18H24F3N3O2. The molecule has 0 aromatic carbocycles. The van der Waals surface area contributed by atoms with E-state index in [0.29, 0.717) is 38.4 Å². The van der Waals surface area contributed by atoms with Gasteiger partial charge in [-0.2, -0.15) is 13.2 Å². The van der Waals surface area contributed by atoms with Crippen molar-refractivity contribution in [2.45, 2.75) is 43.8 Å². The van der Waals surface area contributed by atoms with Gasteiger partial charge in [0.05, 0.1) is 17.7 Å². The summed E-state index contributed by atoms with van der Waals surface area (Å²) in [6, 6.07) is 2.44. The van der Waals surface area contributed by atoms with Crippen LogP contribution >= 0.6 is 0 Å². The van der Waals surface area contributed by atoms with Crippen molar-refractivity contribution in [3.05, 3.63) is 23.9 Å². The molecule has 1 amide bonds. The Morgan fingerprint density at radius 1 is 1.35 bits per heavy atom. The maximum Gasteiger partial charge on any atom is 0.417 e. The number of aromatic nitrogens is 1. The number of carbonyl (C=O) groups excluding carboxylic acids is 1. The summed E-state index contributed by atoms with van der Waals surface area (Å²) >= 11 is 0. The zero-order chi connectivity index (χ0) is 18.8. The minimum atomic E-state index is -4.38. The molecule has 0 atom stereocenters. The first-order chi connectivity index (χ1) is 12.3. The van der Waals surface area contributed by atoms with Crippen LogP contribution in [0.1, 0.15) is 37.7 Å². The second kappa shape index (κ2) is 7.42. The lowest BCUT2D eigenvalue weighted by molar-refractivity contribution is -0.137. The highest BCUT2D eigenvalue weighted by Gasteiger charge is 2.40. The van der Waals surface area contributed by atoms with Crippen LogP contribution in [0.15, 0.2) is 18.3 Å². The van der Waals surface area contributed by atoms with Gasteiger partial charge in [0.15, 0.2) is 0 Å². The van der Waals surface area contributed by atoms with E-state index in [0.717, 1.165) is 31.5 Å². The van der Waals surface area contributed by atoms with E-state index in [4.69, 9.17) is 4.74 Å². The third kappa shape index (κ3) is 4.11. The van der Waals surface area contributed by atoms with Gasteiger partial charge in [-0.1, -0.05) is 0 Å². The maximum absolute atomic E-state index is 12.6. The fourth-order valence-corrected chi connectivity index (χ4v) is 3.66. The number of amides is 1. The largest absolute Gasteiger partial charge is 0.417 e. The average Bonchev–Trinajstić information content (AvgIpc) is 2.59. The molecule has 2 fully saturated rings. The van der Waals surface area contributed by atoms with Crippen molar-refractivity contribution >= 4 is 11.7 Å². The molecule has 1 aliphatic carbocycles. The number of alkyl halides is 3. The summed E-state index contributed by atoms with van der Waals surface area (Å²) < 4.78 is 43.1. The molecule has 3 rings (SSSR count). The number of nitrogens with zero attached hydrogens (tertiary/aromatic N) is 2. The number of ether oxygens (including phenoxy) is 1. The molecule has 1 saturated carbocycles. The van der Waals surface area contributed by atoms with E-state index in [1.54, 1.807) is 7.11 Å². The van der Waals surface area contributed by atoms with Gasteiger partial charge in [-0.15, -0.1) is 0 Å². The molecule has 1 aliphatic heterocycles. The van der Waals surface area contributed by atoms with Gasteiger partial charge >= 0.3 is 6.18 Å². The van der Waals surface area contributed by atoms with Crippen molar-refractivity contribution in [3.63, 3.8) is 0 Å². The summed E-state index contributed by atoms with van der Waals surface area (Å²) in [4.78, 5) is 18.4. The Morgan fingerprint density at radius 2 is 2.04 bits per heavy atom. The standard InChI is InChI=1S/C18H24F3N3O2/c1-26-12-17(7-2-8-17)23-16(25)13-5-9-24(10-6-13)15-4-3-14(11-22-15)18(19,20)21/h3-4,11,13H,2,5-10,12H2,1H3,(H,23,25). The lowest BCUT2D eigenvalue weighted by Gasteiger charge is -2.43. The Labute approximate surface area is 150 Å². The molecule has 2 aliphatic rings. The van der Waals surface area contributed by atoms with E-state index >= 15 is 0 Å². The number of anilines is 1. The van der Waals surface area contributed by atoms with E-state index in [1.165, 1.54) is 6.07 Å². The molecule has 1 aromatic heterocycles. The molecule has 0 unspecified atom stereocenters. The molecule has 0 spiro atoms. The first-order valence-electron chi connectivity index (χ1n) is 8.92. The smallest absolute Gasteiger partial charge is 0.382 e. The fraction of sp³-hybridized carbons (Fsp3) is 0.667. The topological polar surface area (TPSA) is 54.5 Å². The van der Waals surface area contributed by atoms with Crippen LogP contribution in [0, 0.1) is 5.92 Å². The summed E-state index contributed by atoms with van der Waals surface area (Å²) in [7, 11) is 1.64. The molecular weight excluding hydrogens is 347 g/mol. The van der Waals surface area contributed by atoms with Crippen molar-refractivity contribution in [1.82, 2.24) is 10.3 Å². The van der Waals surface area contributed by atoms with Crippen molar-refractivity contribution < 1.29 is 22.7 Å². The third-order valence-electron chi connectivity index (χ3n) is 5.38. The molecule has 26 heavy (non-hydrogen) atoms. The highest BCUT2D eigenvalue weighted by molar-refractivity contribution is 5.80. The van der Waals surface area contributed by atoms with Gasteiger partial charge in [-0.05, 0) is 44.2 Å². The van der Waals surface area contributed by atoms with Gasteiger partial charge in [0.25, 0.3) is 0 Å². The number of hydrogen-bond acceptors (Lipinski definition) is 4. The molecule has 1 saturated heterocycles. The monoisotopic (exact) mass is 371 g/mol. The summed E-state index contributed by atoms with van der Waals surface area (Å²) in [6.45, 7) is 1.74. The maximum atomic E-state index is 12.6. The van der Waals surface area contributed by atoms with Gasteiger partial charge in [0.2, 0.25) is 5.91 Å². The van der Waals surface area contributed by atoms with Crippen LogP contribution in [0.4, 0.5) is 19.0 Å². The van der Waals surface area contributed by atoms with Gasteiger partial charge in [0.1, 0.15) is 5.82 Å². The number of carbonyl (C=O) groups is 1. The van der Waals surface area contributed by atoms with E-state index in [-0.39, 0.29) is 17.4 Å². The van der Waals surface area contributed by atoms with E-state index in [1.807, 2.05) is 4.90 Å². The predicted molar refractivity (Wildman–Crippen MR) is 90.8 cm³/mol. The SMILES string of the molecule is COCC1(NC(=O)C2CCN(c3ccc(C(F)(F)F)cn3)CC2)CCC1. The Balaban J connectivity index is 1.53. The Hall–Kier alpha value is -1.83. The second-order valence-electron chi connectivity index (χ2n) is 7.22. The van der Waals surface area contributed by atoms with Crippen molar-refractivity contribution in [2.75, 3.05) is 31.7 Å². The minimum absolute atomic E-state index is 0.0572. The minimum Gasteiger partial charge on any atom is -0.382 e. The number of pyridine rings is 1. The van der Waals surface area contributed by atoms with Crippen LogP contribution in [0.5, 0.6) is 0 Å². The van der Waals surface area contributed by atoms with E-state index in [9.17, 15) is 18.0 Å². The highest BCUT2D eigenvalue weighted by atomic mass is 19.4. The zero-order valence-electron chi connectivity index (χ0n) is 14.8. The normalized spacial score (nSPS) is 20.5. The quantitative estimate of drug-likeness (QED) is 0.865. The lowest BCUT2D eigenvalue weighted by Crippen LogP contribution is -2.58. The summed E-state index contributed by atoms with van der Waals surface area (Å²) in [6.07, 6.45) is 0.800. The number of piperidine rings is 1. The molecule has 144 valence electrons. The fourth-order valence-electron chi connectivity index (χ4n) is 3.66. The zero-order valence-corrected chi connectivity index (χ0v) is 14.8. The van der Waals surface area contributed by atoms with Crippen LogP contribution < -0.4 is 10.2 Å². The first kappa shape index (κ1) is 18.9. The average molecular weight is 371 g/mol. The van der Waals surface area contributed by atoms with Gasteiger partial charge < -0.3 is 15.0 Å². The van der Waals surface area contributed by atoms with Crippen LogP contribution in [0.2, 0.25) is 0 Å². The van der Waals surface area contributed by atoms with Gasteiger partial charge in [-0.25, -0.2) is 4.98 Å². The Morgan fingerprint density at radius 3 is 2.50 bits per heavy atom. The molecule has 0 radical (unpaired) electrons. The second-order valence-corrected chi connectivity index (χ2v) is 7.22. The number of nitrogens with one attached hydrogen (secondary N) is 1. The molecule has 8 heteroatoms.